The minimum atomic E-state index is -0.815. The van der Waals surface area contributed by atoms with E-state index in [1.807, 2.05) is 26.0 Å². The van der Waals surface area contributed by atoms with Crippen LogP contribution in [-0.2, 0) is 11.2 Å². The van der Waals surface area contributed by atoms with E-state index in [-0.39, 0.29) is 23.8 Å². The number of halogens is 2. The minimum absolute atomic E-state index is 0.0513. The Morgan fingerprint density at radius 1 is 1.26 bits per heavy atom. The molecular formula is C24H29ClFN3O2. The van der Waals surface area contributed by atoms with Gasteiger partial charge in [0.2, 0.25) is 5.91 Å². The van der Waals surface area contributed by atoms with Crippen molar-refractivity contribution in [2.45, 2.75) is 65.1 Å². The number of amides is 2. The van der Waals surface area contributed by atoms with Crippen LogP contribution in [0.25, 0.3) is 0 Å². The van der Waals surface area contributed by atoms with Crippen molar-refractivity contribution < 1.29 is 14.0 Å². The average molecular weight is 446 g/mol. The predicted molar refractivity (Wildman–Crippen MR) is 121 cm³/mol. The Bertz CT molecular complexity index is 937. The van der Waals surface area contributed by atoms with E-state index in [0.717, 1.165) is 42.4 Å². The third kappa shape index (κ3) is 6.50. The van der Waals surface area contributed by atoms with E-state index in [1.54, 1.807) is 19.1 Å². The van der Waals surface area contributed by atoms with Crippen LogP contribution in [0.15, 0.2) is 30.5 Å². The summed E-state index contributed by atoms with van der Waals surface area (Å²) in [6, 6.07) is 6.80. The number of alkyl halides is 1. The summed E-state index contributed by atoms with van der Waals surface area (Å²) in [5.74, 6) is 0.134. The number of rotatable bonds is 9. The number of hydrogen-bond acceptors (Lipinski definition) is 3. The normalized spacial score (nSPS) is 15.3. The predicted octanol–water partition coefficient (Wildman–Crippen LogP) is 5.56. The summed E-state index contributed by atoms with van der Waals surface area (Å²) in [5, 5.41) is 6.37. The second kappa shape index (κ2) is 10.2. The van der Waals surface area contributed by atoms with Crippen molar-refractivity contribution in [3.8, 4) is 0 Å². The molecule has 1 aliphatic rings. The van der Waals surface area contributed by atoms with E-state index in [2.05, 4.69) is 15.6 Å². The van der Waals surface area contributed by atoms with Crippen molar-refractivity contribution in [3.05, 3.63) is 57.7 Å². The Morgan fingerprint density at radius 3 is 2.65 bits per heavy atom. The monoisotopic (exact) mass is 445 g/mol. The van der Waals surface area contributed by atoms with E-state index in [1.165, 1.54) is 6.20 Å². The number of hydrogen-bond donors (Lipinski definition) is 2. The third-order valence-corrected chi connectivity index (χ3v) is 5.88. The lowest BCUT2D eigenvalue weighted by Crippen LogP contribution is -2.27. The van der Waals surface area contributed by atoms with Crippen molar-refractivity contribution >= 4 is 29.2 Å². The van der Waals surface area contributed by atoms with Crippen molar-refractivity contribution in [2.24, 2.45) is 5.92 Å². The average Bonchev–Trinajstić information content (AvgIpc) is 3.55. The summed E-state index contributed by atoms with van der Waals surface area (Å²) < 4.78 is 13.1. The Hall–Kier alpha value is -2.47. The van der Waals surface area contributed by atoms with Gasteiger partial charge in [-0.15, -0.1) is 0 Å². The maximum atomic E-state index is 13.1. The molecule has 1 aromatic carbocycles. The molecule has 166 valence electrons. The number of nitrogens with one attached hydrogen (secondary N) is 2. The second-order valence-electron chi connectivity index (χ2n) is 8.36. The molecule has 1 aliphatic carbocycles. The molecule has 1 fully saturated rings. The van der Waals surface area contributed by atoms with Crippen LogP contribution >= 0.6 is 11.6 Å². The zero-order chi connectivity index (χ0) is 22.5. The van der Waals surface area contributed by atoms with Gasteiger partial charge in [0.1, 0.15) is 5.82 Å². The quantitative estimate of drug-likeness (QED) is 0.530. The Morgan fingerprint density at radius 2 is 2.00 bits per heavy atom. The molecule has 2 aromatic rings. The van der Waals surface area contributed by atoms with Crippen LogP contribution in [0, 0.1) is 12.8 Å². The zero-order valence-electron chi connectivity index (χ0n) is 18.2. The van der Waals surface area contributed by atoms with Gasteiger partial charge in [0.25, 0.3) is 5.91 Å². The van der Waals surface area contributed by atoms with E-state index >= 15 is 0 Å². The third-order valence-electron chi connectivity index (χ3n) is 5.54. The molecular weight excluding hydrogens is 417 g/mol. The van der Waals surface area contributed by atoms with Crippen molar-refractivity contribution in [1.82, 2.24) is 10.3 Å². The van der Waals surface area contributed by atoms with Crippen molar-refractivity contribution in [1.29, 1.82) is 0 Å². The summed E-state index contributed by atoms with van der Waals surface area (Å²) in [7, 11) is 0. The molecule has 3 rings (SSSR count). The first kappa shape index (κ1) is 23.2. The zero-order valence-corrected chi connectivity index (χ0v) is 18.9. The number of anilines is 1. The highest BCUT2D eigenvalue weighted by Gasteiger charge is 2.29. The first-order valence-corrected chi connectivity index (χ1v) is 11.1. The number of nitrogens with zero attached hydrogens (tertiary/aromatic N) is 1. The Labute approximate surface area is 187 Å². The standard InChI is InChI=1S/C24H29ClFN3O2/c1-14-11-19(12-21(25)20(14)6-4-5-15(2)26)16(3)28-24(31)18-9-10-27-22(13-18)29-23(30)17-7-8-17/h9-13,15-17H,4-8H2,1-3H3,(H,28,31)(H,27,29,30). The van der Waals surface area contributed by atoms with Crippen LogP contribution in [0.2, 0.25) is 5.02 Å². The molecule has 5 nitrogen and oxygen atoms in total. The van der Waals surface area contributed by atoms with Crippen LogP contribution < -0.4 is 10.6 Å². The fraction of sp³-hybridized carbons (Fsp3) is 0.458. The van der Waals surface area contributed by atoms with Gasteiger partial charge in [0, 0.05) is 22.7 Å². The van der Waals surface area contributed by atoms with Gasteiger partial charge in [-0.05, 0) is 87.8 Å². The van der Waals surface area contributed by atoms with Crippen LogP contribution in [0.1, 0.15) is 72.6 Å². The number of carbonyl (C=O) groups is 2. The van der Waals surface area contributed by atoms with Crippen LogP contribution in [-0.4, -0.2) is 23.0 Å². The van der Waals surface area contributed by atoms with Gasteiger partial charge < -0.3 is 10.6 Å². The largest absolute Gasteiger partial charge is 0.346 e. The molecule has 2 unspecified atom stereocenters. The molecule has 2 amide bonds. The summed E-state index contributed by atoms with van der Waals surface area (Å²) in [6.45, 7) is 5.44. The molecule has 1 saturated carbocycles. The minimum Gasteiger partial charge on any atom is -0.346 e. The fourth-order valence-electron chi connectivity index (χ4n) is 3.50. The van der Waals surface area contributed by atoms with Gasteiger partial charge in [-0.2, -0.15) is 0 Å². The van der Waals surface area contributed by atoms with Crippen molar-refractivity contribution in [3.63, 3.8) is 0 Å². The van der Waals surface area contributed by atoms with Crippen LogP contribution in [0.5, 0.6) is 0 Å². The van der Waals surface area contributed by atoms with E-state index in [9.17, 15) is 14.0 Å². The molecule has 1 heterocycles. The Balaban J connectivity index is 1.64. The number of benzene rings is 1. The number of carbonyl (C=O) groups excluding carboxylic acids is 2. The van der Waals surface area contributed by atoms with E-state index < -0.39 is 6.17 Å². The lowest BCUT2D eigenvalue weighted by atomic mass is 9.97. The van der Waals surface area contributed by atoms with Gasteiger partial charge >= 0.3 is 0 Å². The molecule has 7 heteroatoms. The van der Waals surface area contributed by atoms with Gasteiger partial charge in [0.15, 0.2) is 0 Å². The highest BCUT2D eigenvalue weighted by Crippen LogP contribution is 2.30. The van der Waals surface area contributed by atoms with Gasteiger partial charge in [-0.3, -0.25) is 9.59 Å². The smallest absolute Gasteiger partial charge is 0.251 e. The SMILES string of the molecule is Cc1cc(C(C)NC(=O)c2ccnc(NC(=O)C3CC3)c2)cc(Cl)c1CCCC(C)F. The summed E-state index contributed by atoms with van der Waals surface area (Å²) in [5.41, 5.74) is 3.38. The highest BCUT2D eigenvalue weighted by atomic mass is 35.5. The topological polar surface area (TPSA) is 71.1 Å². The molecule has 0 bridgehead atoms. The molecule has 2 atom stereocenters. The molecule has 0 saturated heterocycles. The molecule has 31 heavy (non-hydrogen) atoms. The van der Waals surface area contributed by atoms with E-state index in [0.29, 0.717) is 22.8 Å². The molecule has 0 radical (unpaired) electrons. The van der Waals surface area contributed by atoms with Gasteiger partial charge in [-0.25, -0.2) is 9.37 Å². The number of aryl methyl sites for hydroxylation is 1. The highest BCUT2D eigenvalue weighted by molar-refractivity contribution is 6.31. The number of pyridine rings is 1. The second-order valence-corrected chi connectivity index (χ2v) is 8.77. The summed E-state index contributed by atoms with van der Waals surface area (Å²) in [4.78, 5) is 28.8. The number of aromatic nitrogens is 1. The van der Waals surface area contributed by atoms with Crippen LogP contribution in [0.3, 0.4) is 0 Å². The lowest BCUT2D eigenvalue weighted by Gasteiger charge is -2.18. The first-order chi connectivity index (χ1) is 14.7. The molecule has 1 aromatic heterocycles. The van der Waals surface area contributed by atoms with Crippen molar-refractivity contribution in [2.75, 3.05) is 5.32 Å². The molecule has 2 N–H and O–H groups in total. The first-order valence-electron chi connectivity index (χ1n) is 10.8. The summed E-state index contributed by atoms with van der Waals surface area (Å²) in [6.07, 6.45) is 4.48. The molecule has 0 spiro atoms. The van der Waals surface area contributed by atoms with Crippen LogP contribution in [0.4, 0.5) is 10.2 Å². The fourth-order valence-corrected chi connectivity index (χ4v) is 3.87. The van der Waals surface area contributed by atoms with Gasteiger partial charge in [-0.1, -0.05) is 17.7 Å². The van der Waals surface area contributed by atoms with Gasteiger partial charge in [0.05, 0.1) is 12.2 Å². The lowest BCUT2D eigenvalue weighted by molar-refractivity contribution is -0.117. The maximum absolute atomic E-state index is 13.1. The summed E-state index contributed by atoms with van der Waals surface area (Å²) >= 11 is 6.49. The van der Waals surface area contributed by atoms with E-state index in [4.69, 9.17) is 11.6 Å². The Kier molecular flexibility index (Phi) is 7.65. The molecule has 0 aliphatic heterocycles. The maximum Gasteiger partial charge on any atom is 0.251 e.